The lowest BCUT2D eigenvalue weighted by atomic mass is 9.98. The number of sulfonamides is 1. The highest BCUT2D eigenvalue weighted by Gasteiger charge is 2.29. The van der Waals surface area contributed by atoms with Gasteiger partial charge in [0.2, 0.25) is 10.0 Å². The summed E-state index contributed by atoms with van der Waals surface area (Å²) in [5, 5.41) is 22.4. The number of fused-ring (bicyclic) bond motifs is 3. The number of amides is 1. The zero-order chi connectivity index (χ0) is 25.2. The lowest BCUT2D eigenvalue weighted by Crippen LogP contribution is -2.29. The van der Waals surface area contributed by atoms with Gasteiger partial charge in [-0.2, -0.15) is 4.72 Å². The van der Waals surface area contributed by atoms with Gasteiger partial charge >= 0.3 is 12.1 Å². The summed E-state index contributed by atoms with van der Waals surface area (Å²) in [4.78, 5) is 33.2. The second-order valence-electron chi connectivity index (χ2n) is 7.60. The molecule has 1 aliphatic rings. The van der Waals surface area contributed by atoms with Crippen LogP contribution in [0.2, 0.25) is 0 Å². The van der Waals surface area contributed by atoms with Crippen molar-refractivity contribution in [3.05, 3.63) is 88.0 Å². The van der Waals surface area contributed by atoms with Gasteiger partial charge in [-0.3, -0.25) is 20.2 Å². The number of carbonyl (C=O) groups is 2. The lowest BCUT2D eigenvalue weighted by Gasteiger charge is -2.15. The summed E-state index contributed by atoms with van der Waals surface area (Å²) in [5.74, 6) is -1.63. The molecule has 0 aromatic heterocycles. The molecule has 1 amide bonds. The van der Waals surface area contributed by atoms with Crippen LogP contribution in [0.25, 0.3) is 11.1 Å². The predicted molar refractivity (Wildman–Crippen MR) is 125 cm³/mol. The van der Waals surface area contributed by atoms with Crippen LogP contribution in [0.4, 0.5) is 16.2 Å². The van der Waals surface area contributed by atoms with Crippen molar-refractivity contribution >= 4 is 33.5 Å². The molecular formula is C23H19N3O8S. The molecule has 0 unspecified atom stereocenters. The quantitative estimate of drug-likeness (QED) is 0.315. The smallest absolute Gasteiger partial charge is 0.411 e. The van der Waals surface area contributed by atoms with Crippen LogP contribution >= 0.6 is 0 Å². The van der Waals surface area contributed by atoms with Crippen molar-refractivity contribution < 1.29 is 32.8 Å². The van der Waals surface area contributed by atoms with E-state index in [2.05, 4.69) is 5.32 Å². The molecule has 0 saturated heterocycles. The maximum absolute atomic E-state index is 12.5. The van der Waals surface area contributed by atoms with Gasteiger partial charge in [-0.1, -0.05) is 48.5 Å². The number of carbonyl (C=O) groups excluding carboxylic acids is 1. The molecule has 0 saturated carbocycles. The van der Waals surface area contributed by atoms with E-state index in [-0.39, 0.29) is 18.2 Å². The minimum absolute atomic E-state index is 0.0147. The second-order valence-corrected chi connectivity index (χ2v) is 9.37. The molecule has 11 nitrogen and oxygen atoms in total. The third-order valence-electron chi connectivity index (χ3n) is 5.47. The molecule has 3 aromatic carbocycles. The fourth-order valence-corrected chi connectivity index (χ4v) is 4.91. The predicted octanol–water partition coefficient (Wildman–Crippen LogP) is 3.32. The van der Waals surface area contributed by atoms with Crippen LogP contribution in [-0.2, 0) is 19.6 Å². The number of nitro benzene ring substituents is 1. The SMILES string of the molecule is O=C(O)CNS(=O)(=O)c1ccc(NC(=O)OCC2c3ccccc3-c3ccccc32)c([N+](=O)[O-])c1. The molecule has 0 bridgehead atoms. The molecule has 3 N–H and O–H groups in total. The highest BCUT2D eigenvalue weighted by Crippen LogP contribution is 2.44. The van der Waals surface area contributed by atoms with Crippen molar-refractivity contribution in [3.8, 4) is 11.1 Å². The Morgan fingerprint density at radius 3 is 2.17 bits per heavy atom. The number of aliphatic carboxylic acids is 1. The summed E-state index contributed by atoms with van der Waals surface area (Å²) in [6.07, 6.45) is -0.949. The van der Waals surface area contributed by atoms with Gasteiger partial charge in [-0.25, -0.2) is 13.2 Å². The minimum Gasteiger partial charge on any atom is -0.480 e. The van der Waals surface area contributed by atoms with E-state index in [1.807, 2.05) is 48.5 Å². The molecule has 0 radical (unpaired) electrons. The van der Waals surface area contributed by atoms with Gasteiger partial charge in [0.05, 0.1) is 9.82 Å². The first-order chi connectivity index (χ1) is 16.7. The number of nitrogens with one attached hydrogen (secondary N) is 2. The third-order valence-corrected chi connectivity index (χ3v) is 6.87. The summed E-state index contributed by atoms with van der Waals surface area (Å²) < 4.78 is 31.6. The van der Waals surface area contributed by atoms with E-state index in [1.165, 1.54) is 0 Å². The van der Waals surface area contributed by atoms with E-state index in [1.54, 1.807) is 4.72 Å². The first kappa shape index (κ1) is 23.9. The molecule has 180 valence electrons. The standard InChI is InChI=1S/C23H19N3O8S/c27-22(28)12-24-35(32,33)14-9-10-20(21(11-14)26(30)31)25-23(29)34-13-19-17-7-3-1-5-15(17)16-6-2-4-8-18(16)19/h1-11,19,24H,12-13H2,(H,25,29)(H,27,28). The Bertz CT molecular complexity index is 1390. The molecule has 4 rings (SSSR count). The number of anilines is 1. The van der Waals surface area contributed by atoms with Crippen LogP contribution in [0.15, 0.2) is 71.6 Å². The number of hydrogen-bond donors (Lipinski definition) is 3. The van der Waals surface area contributed by atoms with Crippen LogP contribution < -0.4 is 10.0 Å². The van der Waals surface area contributed by atoms with Gasteiger partial charge in [0, 0.05) is 12.0 Å². The summed E-state index contributed by atoms with van der Waals surface area (Å²) in [6, 6.07) is 18.3. The molecular weight excluding hydrogens is 478 g/mol. The van der Waals surface area contributed by atoms with E-state index in [0.717, 1.165) is 40.5 Å². The van der Waals surface area contributed by atoms with Crippen LogP contribution in [0.3, 0.4) is 0 Å². The van der Waals surface area contributed by atoms with Gasteiger partial charge in [-0.05, 0) is 34.4 Å². The molecule has 0 atom stereocenters. The summed E-state index contributed by atoms with van der Waals surface area (Å²) in [7, 11) is -4.31. The topological polar surface area (TPSA) is 165 Å². The Morgan fingerprint density at radius 1 is 1.00 bits per heavy atom. The average molecular weight is 497 g/mol. The van der Waals surface area contributed by atoms with E-state index in [4.69, 9.17) is 9.84 Å². The largest absolute Gasteiger partial charge is 0.480 e. The fourth-order valence-electron chi connectivity index (χ4n) is 3.92. The van der Waals surface area contributed by atoms with E-state index in [9.17, 15) is 28.1 Å². The van der Waals surface area contributed by atoms with Crippen LogP contribution in [0.5, 0.6) is 0 Å². The number of nitrogens with zero attached hydrogens (tertiary/aromatic N) is 1. The number of hydrogen-bond acceptors (Lipinski definition) is 7. The Morgan fingerprint density at radius 2 is 1.60 bits per heavy atom. The number of carboxylic acid groups (broad SMARTS) is 1. The lowest BCUT2D eigenvalue weighted by molar-refractivity contribution is -0.384. The first-order valence-electron chi connectivity index (χ1n) is 10.3. The van der Waals surface area contributed by atoms with Gasteiger partial charge < -0.3 is 9.84 Å². The van der Waals surface area contributed by atoms with Gasteiger partial charge in [0.25, 0.3) is 5.69 Å². The highest BCUT2D eigenvalue weighted by molar-refractivity contribution is 7.89. The van der Waals surface area contributed by atoms with Crippen molar-refractivity contribution in [2.24, 2.45) is 0 Å². The number of ether oxygens (including phenoxy) is 1. The zero-order valence-electron chi connectivity index (χ0n) is 18.0. The molecule has 35 heavy (non-hydrogen) atoms. The number of rotatable bonds is 8. The maximum Gasteiger partial charge on any atom is 0.411 e. The van der Waals surface area contributed by atoms with E-state index >= 15 is 0 Å². The Balaban J connectivity index is 1.50. The monoisotopic (exact) mass is 497 g/mol. The molecule has 3 aromatic rings. The second kappa shape index (κ2) is 9.52. The number of benzene rings is 3. The molecule has 12 heteroatoms. The van der Waals surface area contributed by atoms with Crippen LogP contribution in [-0.4, -0.2) is 43.7 Å². The zero-order valence-corrected chi connectivity index (χ0v) is 18.8. The van der Waals surface area contributed by atoms with Crippen molar-refractivity contribution in [1.82, 2.24) is 4.72 Å². The summed E-state index contributed by atoms with van der Waals surface area (Å²) in [5.41, 5.74) is 3.11. The molecule has 1 aliphatic carbocycles. The van der Waals surface area contributed by atoms with Gasteiger partial charge in [-0.15, -0.1) is 0 Å². The van der Waals surface area contributed by atoms with Crippen molar-refractivity contribution in [3.63, 3.8) is 0 Å². The molecule has 0 heterocycles. The average Bonchev–Trinajstić information content (AvgIpc) is 3.15. The van der Waals surface area contributed by atoms with E-state index < -0.39 is 44.1 Å². The van der Waals surface area contributed by atoms with Gasteiger partial charge in [0.1, 0.15) is 18.8 Å². The molecule has 0 fully saturated rings. The van der Waals surface area contributed by atoms with Crippen LogP contribution in [0, 0.1) is 10.1 Å². The number of nitro groups is 1. The molecule has 0 spiro atoms. The van der Waals surface area contributed by atoms with Crippen LogP contribution in [0.1, 0.15) is 17.0 Å². The van der Waals surface area contributed by atoms with Crippen molar-refractivity contribution in [2.45, 2.75) is 10.8 Å². The number of carboxylic acids is 1. The normalized spacial score (nSPS) is 12.5. The van der Waals surface area contributed by atoms with Gasteiger partial charge in [0.15, 0.2) is 0 Å². The Kier molecular flexibility index (Phi) is 6.49. The fraction of sp³-hybridized carbons (Fsp3) is 0.130. The molecule has 0 aliphatic heterocycles. The summed E-state index contributed by atoms with van der Waals surface area (Å²) in [6.45, 7) is -0.908. The first-order valence-corrected chi connectivity index (χ1v) is 11.8. The van der Waals surface area contributed by atoms with E-state index in [0.29, 0.717) is 0 Å². The van der Waals surface area contributed by atoms with Crippen molar-refractivity contribution in [2.75, 3.05) is 18.5 Å². The minimum atomic E-state index is -4.31. The highest BCUT2D eigenvalue weighted by atomic mass is 32.2. The third kappa shape index (κ3) is 4.98. The Hall–Kier alpha value is -4.29. The summed E-state index contributed by atoms with van der Waals surface area (Å²) >= 11 is 0. The Labute approximate surface area is 199 Å². The maximum atomic E-state index is 12.5. The van der Waals surface area contributed by atoms with Crippen molar-refractivity contribution in [1.29, 1.82) is 0 Å².